The maximum Gasteiger partial charge on any atom is 0.270 e. The highest BCUT2D eigenvalue weighted by molar-refractivity contribution is 7.41. The van der Waals surface area contributed by atoms with Gasteiger partial charge in [-0.3, -0.25) is 0 Å². The van der Waals surface area contributed by atoms with Gasteiger partial charge in [0.15, 0.2) is 0 Å². The van der Waals surface area contributed by atoms with E-state index in [2.05, 4.69) is 0 Å². The van der Waals surface area contributed by atoms with Crippen molar-refractivity contribution in [3.05, 3.63) is 36.4 Å². The first-order valence-electron chi connectivity index (χ1n) is 11.4. The van der Waals surface area contributed by atoms with Crippen LogP contribution >= 0.6 is 11.1 Å². The summed E-state index contributed by atoms with van der Waals surface area (Å²) < 4.78 is 51.8. The predicted molar refractivity (Wildman–Crippen MR) is 149 cm³/mol. The van der Waals surface area contributed by atoms with Gasteiger partial charge in [-0.05, 0) is 0 Å². The van der Waals surface area contributed by atoms with Gasteiger partial charge in [0, 0.05) is 52.0 Å². The number of methoxy groups -OCH3 is 9. The molecule has 0 heterocycles. The zero-order chi connectivity index (χ0) is 28.0. The minimum absolute atomic E-state index is 0.433. The Bertz CT molecular complexity index is 1050. The van der Waals surface area contributed by atoms with Crippen molar-refractivity contribution in [3.63, 3.8) is 0 Å². The van der Waals surface area contributed by atoms with Crippen LogP contribution < -0.4 is 58.2 Å². The smallest absolute Gasteiger partial charge is 0.270 e. The van der Waals surface area contributed by atoms with Crippen LogP contribution in [0, 0.1) is 0 Å². The molecule has 0 saturated heterocycles. The molecule has 38 heavy (non-hydrogen) atoms. The van der Waals surface area contributed by atoms with E-state index in [0.717, 1.165) is 0 Å². The molecule has 0 atom stereocenters. The first-order valence-corrected chi connectivity index (χ1v) is 14.4. The Morgan fingerprint density at radius 3 is 0.684 bits per heavy atom. The Kier molecular flexibility index (Phi) is 9.34. The molecule has 0 unspecified atom stereocenters. The van der Waals surface area contributed by atoms with E-state index in [0.29, 0.717) is 67.3 Å². The van der Waals surface area contributed by atoms with E-state index < -0.39 is 7.38 Å². The number of halogens is 1. The van der Waals surface area contributed by atoms with Gasteiger partial charge < -0.3 is 42.6 Å². The van der Waals surface area contributed by atoms with Crippen LogP contribution in [0.4, 0.5) is 0 Å². The standard InChI is InChI=1S/C27H33ClO9Si/c1-29-16-10-19(32-4)25(20(11-16)33-5)38(28,26-21(34-6)12-17(30-2)13-22(26)35-7)27-23(36-8)14-18(31-3)15-24(27)37-9/h10-15H,1-9H3. The van der Waals surface area contributed by atoms with Crippen molar-refractivity contribution in [1.29, 1.82) is 0 Å². The van der Waals surface area contributed by atoms with E-state index in [1.54, 1.807) is 100 Å². The van der Waals surface area contributed by atoms with E-state index in [-0.39, 0.29) is 0 Å². The first-order chi connectivity index (χ1) is 18.3. The van der Waals surface area contributed by atoms with Crippen molar-refractivity contribution in [2.75, 3.05) is 64.0 Å². The summed E-state index contributed by atoms with van der Waals surface area (Å²) in [4.78, 5) is 0. The molecule has 3 rings (SSSR count). The first kappa shape index (κ1) is 28.9. The van der Waals surface area contributed by atoms with Crippen LogP contribution in [0.3, 0.4) is 0 Å². The summed E-state index contributed by atoms with van der Waals surface area (Å²) in [7, 11) is 10.2. The third-order valence-electron chi connectivity index (χ3n) is 6.18. The second-order valence-electron chi connectivity index (χ2n) is 7.88. The van der Waals surface area contributed by atoms with Gasteiger partial charge in [-0.2, -0.15) is 0 Å². The molecule has 3 aromatic rings. The van der Waals surface area contributed by atoms with Crippen molar-refractivity contribution < 1.29 is 42.6 Å². The van der Waals surface area contributed by atoms with Gasteiger partial charge in [-0.15, -0.1) is 11.1 Å². The molecule has 0 bridgehead atoms. The van der Waals surface area contributed by atoms with Crippen molar-refractivity contribution in [3.8, 4) is 51.7 Å². The maximum atomic E-state index is 8.04. The van der Waals surface area contributed by atoms with Crippen molar-refractivity contribution in [2.45, 2.75) is 0 Å². The Morgan fingerprint density at radius 2 is 0.553 bits per heavy atom. The third kappa shape index (κ3) is 4.93. The summed E-state index contributed by atoms with van der Waals surface area (Å²) in [5, 5.41) is 1.69. The third-order valence-corrected chi connectivity index (χ3v) is 11.4. The predicted octanol–water partition coefficient (Wildman–Crippen LogP) is 2.97. The molecule has 0 aromatic heterocycles. The van der Waals surface area contributed by atoms with Crippen molar-refractivity contribution >= 4 is 34.0 Å². The molecule has 0 aliphatic heterocycles. The van der Waals surface area contributed by atoms with Crippen LogP contribution in [-0.4, -0.2) is 71.4 Å². The minimum Gasteiger partial charge on any atom is -0.497 e. The van der Waals surface area contributed by atoms with E-state index in [4.69, 9.17) is 53.7 Å². The number of hydrogen-bond acceptors (Lipinski definition) is 9. The Morgan fingerprint density at radius 1 is 0.368 bits per heavy atom. The summed E-state index contributed by atoms with van der Waals surface area (Å²) in [5.41, 5.74) is 0. The molecular formula is C27H33ClO9Si. The van der Waals surface area contributed by atoms with E-state index in [1.807, 2.05) is 0 Å². The van der Waals surface area contributed by atoms with E-state index >= 15 is 0 Å². The second kappa shape index (κ2) is 12.3. The minimum atomic E-state index is -3.82. The lowest BCUT2D eigenvalue weighted by Gasteiger charge is -2.33. The average molecular weight is 565 g/mol. The molecule has 0 saturated carbocycles. The fourth-order valence-electron chi connectivity index (χ4n) is 4.41. The van der Waals surface area contributed by atoms with Gasteiger partial charge >= 0.3 is 0 Å². The Labute approximate surface area is 228 Å². The zero-order valence-electron chi connectivity index (χ0n) is 23.0. The SMILES string of the molecule is COc1cc(OC)c([Si](Cl)(c2c(OC)cc(OC)cc2OC)c2c(OC)cc(OC)cc2OC)c(OC)c1. The molecule has 11 heteroatoms. The molecule has 0 amide bonds. The highest BCUT2D eigenvalue weighted by Gasteiger charge is 2.51. The Hall–Kier alpha value is -3.63. The van der Waals surface area contributed by atoms with Gasteiger partial charge in [0.1, 0.15) is 51.7 Å². The monoisotopic (exact) mass is 564 g/mol. The fourth-order valence-corrected chi connectivity index (χ4v) is 9.92. The molecule has 9 nitrogen and oxygen atoms in total. The quantitative estimate of drug-likeness (QED) is 0.187. The molecule has 206 valence electrons. The summed E-state index contributed by atoms with van der Waals surface area (Å²) in [6, 6.07) is 10.5. The normalized spacial score (nSPS) is 10.9. The van der Waals surface area contributed by atoms with Gasteiger partial charge in [0.2, 0.25) is 0 Å². The van der Waals surface area contributed by atoms with Gasteiger partial charge in [-0.1, -0.05) is 0 Å². The van der Waals surface area contributed by atoms with Crippen LogP contribution in [0.1, 0.15) is 0 Å². The van der Waals surface area contributed by atoms with Crippen molar-refractivity contribution in [2.24, 2.45) is 0 Å². The fraction of sp³-hybridized carbons (Fsp3) is 0.333. The number of ether oxygens (including phenoxy) is 9. The number of benzene rings is 3. The van der Waals surface area contributed by atoms with Gasteiger partial charge in [0.05, 0.1) is 64.0 Å². The maximum absolute atomic E-state index is 8.04. The zero-order valence-corrected chi connectivity index (χ0v) is 24.8. The molecular weight excluding hydrogens is 532 g/mol. The molecule has 0 N–H and O–H groups in total. The molecule has 0 radical (unpaired) electrons. The van der Waals surface area contributed by atoms with Gasteiger partial charge in [0.25, 0.3) is 7.38 Å². The number of rotatable bonds is 12. The van der Waals surface area contributed by atoms with Crippen LogP contribution in [-0.2, 0) is 0 Å². The summed E-state index contributed by atoms with van der Waals surface area (Å²) in [6.07, 6.45) is 0. The topological polar surface area (TPSA) is 83.1 Å². The molecule has 0 fully saturated rings. The van der Waals surface area contributed by atoms with E-state index in [9.17, 15) is 0 Å². The van der Waals surface area contributed by atoms with Gasteiger partial charge in [-0.25, -0.2) is 0 Å². The largest absolute Gasteiger partial charge is 0.497 e. The summed E-state index contributed by atoms with van der Waals surface area (Å²) in [6.45, 7) is 0. The van der Waals surface area contributed by atoms with E-state index in [1.165, 1.54) is 0 Å². The summed E-state index contributed by atoms with van der Waals surface area (Å²) >= 11 is 8.04. The lowest BCUT2D eigenvalue weighted by atomic mass is 10.3. The lowest BCUT2D eigenvalue weighted by Crippen LogP contribution is -2.64. The Balaban J connectivity index is 2.68. The summed E-state index contributed by atoms with van der Waals surface area (Å²) in [5.74, 6) is 4.18. The molecule has 0 aliphatic carbocycles. The van der Waals surface area contributed by atoms with Crippen LogP contribution in [0.25, 0.3) is 0 Å². The van der Waals surface area contributed by atoms with Crippen LogP contribution in [0.15, 0.2) is 36.4 Å². The van der Waals surface area contributed by atoms with Crippen molar-refractivity contribution in [1.82, 2.24) is 0 Å². The highest BCUT2D eigenvalue weighted by Crippen LogP contribution is 2.39. The molecule has 3 aromatic carbocycles. The highest BCUT2D eigenvalue weighted by atomic mass is 35.6. The van der Waals surface area contributed by atoms with Crippen LogP contribution in [0.2, 0.25) is 0 Å². The number of hydrogen-bond donors (Lipinski definition) is 0. The second-order valence-corrected chi connectivity index (χ2v) is 12.4. The molecule has 0 spiro atoms. The van der Waals surface area contributed by atoms with Crippen LogP contribution in [0.5, 0.6) is 51.7 Å². The lowest BCUT2D eigenvalue weighted by molar-refractivity contribution is 0.377. The molecule has 0 aliphatic rings. The average Bonchev–Trinajstić information content (AvgIpc) is 2.97.